The third kappa shape index (κ3) is 4.48. The molecule has 17 heavy (non-hydrogen) atoms. The van der Waals surface area contributed by atoms with Crippen molar-refractivity contribution < 1.29 is 4.79 Å². The Morgan fingerprint density at radius 1 is 1.47 bits per heavy atom. The van der Waals surface area contributed by atoms with Crippen LogP contribution in [0, 0.1) is 0 Å². The highest BCUT2D eigenvalue weighted by Gasteiger charge is 2.17. The van der Waals surface area contributed by atoms with Crippen molar-refractivity contribution in [2.45, 2.75) is 45.7 Å². The molecule has 1 heterocycles. The maximum absolute atomic E-state index is 11.8. The van der Waals surface area contributed by atoms with Gasteiger partial charge < -0.3 is 5.32 Å². The van der Waals surface area contributed by atoms with Gasteiger partial charge in [0.25, 0.3) is 0 Å². The van der Waals surface area contributed by atoms with Crippen LogP contribution < -0.4 is 10.6 Å². The Kier molecular flexibility index (Phi) is 6.22. The summed E-state index contributed by atoms with van der Waals surface area (Å²) in [6.45, 7) is 6.86. The summed E-state index contributed by atoms with van der Waals surface area (Å²) < 4.78 is 0. The summed E-state index contributed by atoms with van der Waals surface area (Å²) in [5, 5.41) is 8.36. The molecular weight excluding hydrogens is 232 g/mol. The van der Waals surface area contributed by atoms with Crippen LogP contribution in [0.1, 0.15) is 44.5 Å². The predicted octanol–water partition coefficient (Wildman–Crippen LogP) is 2.70. The van der Waals surface area contributed by atoms with Crippen molar-refractivity contribution in [3.05, 3.63) is 22.4 Å². The Labute approximate surface area is 108 Å². The highest BCUT2D eigenvalue weighted by molar-refractivity contribution is 7.10. The van der Waals surface area contributed by atoms with Gasteiger partial charge in [0, 0.05) is 17.5 Å². The van der Waals surface area contributed by atoms with Gasteiger partial charge in [0.15, 0.2) is 0 Å². The SMILES string of the molecule is CCCNC(=O)C(C)NC(CC)c1cccs1. The molecule has 0 fully saturated rings. The number of hydrogen-bond acceptors (Lipinski definition) is 3. The molecule has 1 aromatic heterocycles. The normalized spacial score (nSPS) is 14.3. The van der Waals surface area contributed by atoms with Gasteiger partial charge in [-0.2, -0.15) is 0 Å². The van der Waals surface area contributed by atoms with Crippen molar-refractivity contribution in [3.63, 3.8) is 0 Å². The molecule has 2 atom stereocenters. The topological polar surface area (TPSA) is 41.1 Å². The lowest BCUT2D eigenvalue weighted by Gasteiger charge is -2.20. The molecule has 0 radical (unpaired) electrons. The Balaban J connectivity index is 2.48. The van der Waals surface area contributed by atoms with E-state index in [9.17, 15) is 4.79 Å². The van der Waals surface area contributed by atoms with E-state index < -0.39 is 0 Å². The van der Waals surface area contributed by atoms with E-state index in [1.54, 1.807) is 11.3 Å². The van der Waals surface area contributed by atoms with Crippen LogP contribution in [0.2, 0.25) is 0 Å². The lowest BCUT2D eigenvalue weighted by molar-refractivity contribution is -0.122. The molecule has 0 saturated heterocycles. The number of rotatable bonds is 7. The fraction of sp³-hybridized carbons (Fsp3) is 0.615. The van der Waals surface area contributed by atoms with Crippen molar-refractivity contribution in [3.8, 4) is 0 Å². The molecule has 0 aliphatic rings. The fourth-order valence-electron chi connectivity index (χ4n) is 1.67. The minimum Gasteiger partial charge on any atom is -0.355 e. The van der Waals surface area contributed by atoms with E-state index in [-0.39, 0.29) is 18.0 Å². The zero-order valence-corrected chi connectivity index (χ0v) is 11.6. The van der Waals surface area contributed by atoms with E-state index >= 15 is 0 Å². The first kappa shape index (κ1) is 14.2. The second kappa shape index (κ2) is 7.45. The van der Waals surface area contributed by atoms with Gasteiger partial charge in [0.2, 0.25) is 5.91 Å². The van der Waals surface area contributed by atoms with Crippen LogP contribution >= 0.6 is 11.3 Å². The molecule has 0 aromatic carbocycles. The highest BCUT2D eigenvalue weighted by Crippen LogP contribution is 2.22. The Bertz CT molecular complexity index is 324. The summed E-state index contributed by atoms with van der Waals surface area (Å²) in [7, 11) is 0. The maximum Gasteiger partial charge on any atom is 0.236 e. The Hall–Kier alpha value is -0.870. The molecule has 2 unspecified atom stereocenters. The van der Waals surface area contributed by atoms with Crippen LogP contribution in [0.5, 0.6) is 0 Å². The van der Waals surface area contributed by atoms with Crippen molar-refractivity contribution in [1.29, 1.82) is 0 Å². The molecule has 4 heteroatoms. The van der Waals surface area contributed by atoms with Crippen LogP contribution in [0.3, 0.4) is 0 Å². The van der Waals surface area contributed by atoms with Crippen LogP contribution in [0.15, 0.2) is 17.5 Å². The molecule has 1 aromatic rings. The summed E-state index contributed by atoms with van der Waals surface area (Å²) >= 11 is 1.73. The van der Waals surface area contributed by atoms with Gasteiger partial charge in [-0.05, 0) is 31.2 Å². The molecular formula is C13H22N2OS. The standard InChI is InChI=1S/C13H22N2OS/c1-4-8-14-13(16)10(3)15-11(5-2)12-7-6-9-17-12/h6-7,9-11,15H,4-5,8H2,1-3H3,(H,14,16). The fourth-order valence-corrected chi connectivity index (χ4v) is 2.54. The highest BCUT2D eigenvalue weighted by atomic mass is 32.1. The van der Waals surface area contributed by atoms with Gasteiger partial charge in [-0.25, -0.2) is 0 Å². The van der Waals surface area contributed by atoms with E-state index in [0.717, 1.165) is 19.4 Å². The number of amides is 1. The predicted molar refractivity (Wildman–Crippen MR) is 73.2 cm³/mol. The second-order valence-corrected chi connectivity index (χ2v) is 5.13. The second-order valence-electron chi connectivity index (χ2n) is 4.16. The number of hydrogen-bond donors (Lipinski definition) is 2. The molecule has 0 aliphatic carbocycles. The van der Waals surface area contributed by atoms with Gasteiger partial charge in [-0.15, -0.1) is 11.3 Å². The molecule has 2 N–H and O–H groups in total. The van der Waals surface area contributed by atoms with E-state index in [4.69, 9.17) is 0 Å². The van der Waals surface area contributed by atoms with Gasteiger partial charge >= 0.3 is 0 Å². The van der Waals surface area contributed by atoms with E-state index in [1.807, 2.05) is 13.0 Å². The lowest BCUT2D eigenvalue weighted by atomic mass is 10.1. The molecule has 1 amide bonds. The molecule has 0 bridgehead atoms. The molecule has 96 valence electrons. The van der Waals surface area contributed by atoms with Crippen molar-refractivity contribution >= 4 is 17.2 Å². The third-order valence-corrected chi connectivity index (χ3v) is 3.67. The van der Waals surface area contributed by atoms with Crippen LogP contribution in [-0.2, 0) is 4.79 Å². The van der Waals surface area contributed by atoms with Gasteiger partial charge in [-0.1, -0.05) is 19.9 Å². The summed E-state index contributed by atoms with van der Waals surface area (Å²) in [6, 6.07) is 4.29. The van der Waals surface area contributed by atoms with E-state index in [0.29, 0.717) is 0 Å². The number of carbonyl (C=O) groups is 1. The number of nitrogens with one attached hydrogen (secondary N) is 2. The first-order valence-electron chi connectivity index (χ1n) is 6.26. The molecule has 1 rings (SSSR count). The average molecular weight is 254 g/mol. The maximum atomic E-state index is 11.8. The minimum atomic E-state index is -0.145. The molecule has 0 spiro atoms. The monoisotopic (exact) mass is 254 g/mol. The summed E-state index contributed by atoms with van der Waals surface area (Å²) in [5.74, 6) is 0.0851. The molecule has 0 saturated carbocycles. The van der Waals surface area contributed by atoms with Crippen molar-refractivity contribution in [2.75, 3.05) is 6.54 Å². The average Bonchev–Trinajstić information content (AvgIpc) is 2.86. The zero-order chi connectivity index (χ0) is 12.7. The third-order valence-electron chi connectivity index (χ3n) is 2.69. The minimum absolute atomic E-state index is 0.0851. The van der Waals surface area contributed by atoms with Crippen LogP contribution in [0.4, 0.5) is 0 Å². The molecule has 0 aliphatic heterocycles. The largest absolute Gasteiger partial charge is 0.355 e. The first-order valence-corrected chi connectivity index (χ1v) is 7.14. The summed E-state index contributed by atoms with van der Waals surface area (Å²) in [5.41, 5.74) is 0. The van der Waals surface area contributed by atoms with E-state index in [1.165, 1.54) is 4.88 Å². The van der Waals surface area contributed by atoms with E-state index in [2.05, 4.69) is 35.9 Å². The van der Waals surface area contributed by atoms with Crippen molar-refractivity contribution in [2.24, 2.45) is 0 Å². The smallest absolute Gasteiger partial charge is 0.236 e. The zero-order valence-electron chi connectivity index (χ0n) is 10.8. The quantitative estimate of drug-likeness (QED) is 0.785. The number of thiophene rings is 1. The van der Waals surface area contributed by atoms with Crippen LogP contribution in [-0.4, -0.2) is 18.5 Å². The van der Waals surface area contributed by atoms with Crippen LogP contribution in [0.25, 0.3) is 0 Å². The van der Waals surface area contributed by atoms with Gasteiger partial charge in [0.05, 0.1) is 6.04 Å². The summed E-state index contributed by atoms with van der Waals surface area (Å²) in [6.07, 6.45) is 1.96. The Morgan fingerprint density at radius 3 is 2.76 bits per heavy atom. The lowest BCUT2D eigenvalue weighted by Crippen LogP contribution is -2.43. The Morgan fingerprint density at radius 2 is 2.24 bits per heavy atom. The summed E-state index contributed by atoms with van der Waals surface area (Å²) in [4.78, 5) is 13.0. The first-order chi connectivity index (χ1) is 8.19. The van der Waals surface area contributed by atoms with Gasteiger partial charge in [0.1, 0.15) is 0 Å². The number of carbonyl (C=O) groups excluding carboxylic acids is 1. The van der Waals surface area contributed by atoms with Gasteiger partial charge in [-0.3, -0.25) is 10.1 Å². The van der Waals surface area contributed by atoms with Crippen molar-refractivity contribution in [1.82, 2.24) is 10.6 Å². The molecule has 3 nitrogen and oxygen atoms in total.